The number of furan rings is 1. The Bertz CT molecular complexity index is 1090. The first-order chi connectivity index (χ1) is 14.2. The molecule has 29 heavy (non-hydrogen) atoms. The highest BCUT2D eigenvalue weighted by Crippen LogP contribution is 2.35. The van der Waals surface area contributed by atoms with Gasteiger partial charge in [0.05, 0.1) is 23.9 Å². The number of hydrogen-bond donors (Lipinski definition) is 1. The Kier molecular flexibility index (Phi) is 5.53. The maximum Gasteiger partial charge on any atom is 0.267 e. The first kappa shape index (κ1) is 18.7. The van der Waals surface area contributed by atoms with Gasteiger partial charge >= 0.3 is 0 Å². The minimum absolute atomic E-state index is 0.103. The van der Waals surface area contributed by atoms with Crippen LogP contribution in [0.2, 0.25) is 0 Å². The second-order valence-electron chi connectivity index (χ2n) is 6.05. The number of nitrogens with zero attached hydrogens (tertiary/aromatic N) is 4. The summed E-state index contributed by atoms with van der Waals surface area (Å²) in [5, 5.41) is 18.8. The van der Waals surface area contributed by atoms with Crippen LogP contribution in [0.4, 0.5) is 0 Å². The molecule has 0 radical (unpaired) electrons. The van der Waals surface area contributed by atoms with Crippen molar-refractivity contribution < 1.29 is 14.3 Å². The Morgan fingerprint density at radius 3 is 2.83 bits per heavy atom. The summed E-state index contributed by atoms with van der Waals surface area (Å²) < 4.78 is 5.37. The molecule has 3 aromatic rings. The smallest absolute Gasteiger partial charge is 0.267 e. The van der Waals surface area contributed by atoms with Crippen molar-refractivity contribution in [3.8, 4) is 5.75 Å². The fourth-order valence-corrected chi connectivity index (χ4v) is 3.55. The van der Waals surface area contributed by atoms with E-state index in [2.05, 4.69) is 15.2 Å². The quantitative estimate of drug-likeness (QED) is 0.396. The topological polar surface area (TPSA) is 91.3 Å². The summed E-state index contributed by atoms with van der Waals surface area (Å²) in [6.07, 6.45) is 8.11. The maximum atomic E-state index is 13.0. The zero-order valence-electron chi connectivity index (χ0n) is 15.2. The number of rotatable bonds is 5. The molecule has 2 aromatic heterocycles. The number of pyridine rings is 1. The molecule has 0 unspecified atom stereocenters. The van der Waals surface area contributed by atoms with Crippen LogP contribution in [-0.2, 0) is 11.3 Å². The Morgan fingerprint density at radius 2 is 2.07 bits per heavy atom. The van der Waals surface area contributed by atoms with Crippen LogP contribution >= 0.6 is 11.8 Å². The van der Waals surface area contributed by atoms with Crippen molar-refractivity contribution in [3.63, 3.8) is 0 Å². The molecule has 7 nitrogen and oxygen atoms in total. The van der Waals surface area contributed by atoms with Crippen LogP contribution in [0.1, 0.15) is 16.9 Å². The van der Waals surface area contributed by atoms with E-state index in [-0.39, 0.29) is 18.2 Å². The van der Waals surface area contributed by atoms with Gasteiger partial charge in [-0.05, 0) is 42.1 Å². The molecule has 4 rings (SSSR count). The molecular weight excluding hydrogens is 388 g/mol. The summed E-state index contributed by atoms with van der Waals surface area (Å²) in [4.78, 5) is 18.9. The largest absolute Gasteiger partial charge is 0.507 e. The Morgan fingerprint density at radius 1 is 1.17 bits per heavy atom. The molecule has 144 valence electrons. The van der Waals surface area contributed by atoms with Crippen LogP contribution in [0.5, 0.6) is 5.75 Å². The zero-order chi connectivity index (χ0) is 20.1. The van der Waals surface area contributed by atoms with Gasteiger partial charge in [-0.1, -0.05) is 24.3 Å². The maximum absolute atomic E-state index is 13.0. The van der Waals surface area contributed by atoms with Gasteiger partial charge in [0.1, 0.15) is 11.5 Å². The molecule has 1 aliphatic rings. The van der Waals surface area contributed by atoms with E-state index in [9.17, 15) is 9.90 Å². The second-order valence-corrected chi connectivity index (χ2v) is 7.06. The second kappa shape index (κ2) is 8.57. The number of carbonyl (C=O) groups is 1. The molecule has 1 aromatic carbocycles. The van der Waals surface area contributed by atoms with Crippen LogP contribution in [0.3, 0.4) is 0 Å². The van der Waals surface area contributed by atoms with Crippen LogP contribution in [-0.4, -0.2) is 32.3 Å². The van der Waals surface area contributed by atoms with Crippen molar-refractivity contribution in [3.05, 3.63) is 89.0 Å². The van der Waals surface area contributed by atoms with E-state index in [4.69, 9.17) is 4.42 Å². The summed E-state index contributed by atoms with van der Waals surface area (Å²) >= 11 is 1.19. The fraction of sp³-hybridized carbons (Fsp3) is 0.0476. The average Bonchev–Trinajstić information content (AvgIpc) is 3.35. The van der Waals surface area contributed by atoms with Crippen molar-refractivity contribution in [1.29, 1.82) is 0 Å². The van der Waals surface area contributed by atoms with E-state index in [1.54, 1.807) is 73.4 Å². The molecule has 3 heterocycles. The number of amides is 1. The number of amidine groups is 1. The number of phenolic OH excluding ortho intramolecular Hbond substituents is 1. The van der Waals surface area contributed by atoms with Gasteiger partial charge in [-0.2, -0.15) is 5.10 Å². The predicted octanol–water partition coefficient (Wildman–Crippen LogP) is 3.89. The average molecular weight is 404 g/mol. The summed E-state index contributed by atoms with van der Waals surface area (Å²) in [6, 6.07) is 14.0. The molecule has 0 atom stereocenters. The van der Waals surface area contributed by atoms with Crippen molar-refractivity contribution in [2.24, 2.45) is 10.2 Å². The van der Waals surface area contributed by atoms with E-state index in [0.717, 1.165) is 5.56 Å². The first-order valence-corrected chi connectivity index (χ1v) is 9.55. The third kappa shape index (κ3) is 4.44. The Labute approximate surface area is 171 Å². The van der Waals surface area contributed by atoms with Crippen LogP contribution in [0, 0.1) is 0 Å². The standard InChI is InChI=1S/C21H16N4O3S/c26-18-8-2-1-6-16(18)11-19-20(27)25(14-17-7-4-10-28-17)21(29-19)24-23-13-15-5-3-9-22-12-15/h1-13,26H,14H2/b19-11-,23-13-,24-21+. The molecule has 0 saturated carbocycles. The molecule has 1 N–H and O–H groups in total. The van der Waals surface area contributed by atoms with Gasteiger partial charge in [0.2, 0.25) is 0 Å². The van der Waals surface area contributed by atoms with Gasteiger partial charge in [0, 0.05) is 23.5 Å². The van der Waals surface area contributed by atoms with E-state index in [0.29, 0.717) is 21.4 Å². The number of carbonyl (C=O) groups excluding carboxylic acids is 1. The number of aromatic hydroxyl groups is 1. The lowest BCUT2D eigenvalue weighted by atomic mass is 10.2. The van der Waals surface area contributed by atoms with Gasteiger partial charge in [-0.3, -0.25) is 14.7 Å². The number of aromatic nitrogens is 1. The van der Waals surface area contributed by atoms with E-state index in [1.807, 2.05) is 6.07 Å². The molecule has 1 aliphatic heterocycles. The molecule has 1 amide bonds. The van der Waals surface area contributed by atoms with Crippen LogP contribution in [0.25, 0.3) is 6.08 Å². The van der Waals surface area contributed by atoms with E-state index >= 15 is 0 Å². The predicted molar refractivity (Wildman–Crippen MR) is 112 cm³/mol. The van der Waals surface area contributed by atoms with Gasteiger partial charge in [0.25, 0.3) is 5.91 Å². The number of hydrogen-bond acceptors (Lipinski definition) is 7. The lowest BCUT2D eigenvalue weighted by Gasteiger charge is -2.12. The highest BCUT2D eigenvalue weighted by atomic mass is 32.2. The normalized spacial score (nSPS) is 17.1. The highest BCUT2D eigenvalue weighted by molar-refractivity contribution is 8.18. The lowest BCUT2D eigenvalue weighted by molar-refractivity contribution is -0.122. The monoisotopic (exact) mass is 404 g/mol. The highest BCUT2D eigenvalue weighted by Gasteiger charge is 2.34. The molecular formula is C21H16N4O3S. The first-order valence-electron chi connectivity index (χ1n) is 8.73. The van der Waals surface area contributed by atoms with E-state index < -0.39 is 0 Å². The SMILES string of the molecule is O=C1/C(=C/c2ccccc2O)S/C(=N/N=C\c2cccnc2)N1Cc1ccco1. The summed E-state index contributed by atoms with van der Waals surface area (Å²) in [6.45, 7) is 0.234. The van der Waals surface area contributed by atoms with Crippen LogP contribution < -0.4 is 0 Å². The van der Waals surface area contributed by atoms with Crippen molar-refractivity contribution in [2.45, 2.75) is 6.54 Å². The van der Waals surface area contributed by atoms with Gasteiger partial charge in [0.15, 0.2) is 5.17 Å². The number of thioether (sulfide) groups is 1. The number of phenols is 1. The van der Waals surface area contributed by atoms with Gasteiger partial charge in [-0.15, -0.1) is 5.10 Å². The summed E-state index contributed by atoms with van der Waals surface area (Å²) in [5.41, 5.74) is 1.36. The Hall–Kier alpha value is -3.65. The minimum atomic E-state index is -0.231. The number of benzene rings is 1. The van der Waals surface area contributed by atoms with Crippen molar-refractivity contribution >= 4 is 35.1 Å². The third-order valence-electron chi connectivity index (χ3n) is 4.04. The zero-order valence-corrected chi connectivity index (χ0v) is 16.0. The molecule has 0 aliphatic carbocycles. The molecule has 8 heteroatoms. The fourth-order valence-electron chi connectivity index (χ4n) is 2.63. The van der Waals surface area contributed by atoms with Crippen molar-refractivity contribution in [1.82, 2.24) is 9.88 Å². The molecule has 1 fully saturated rings. The lowest BCUT2D eigenvalue weighted by Crippen LogP contribution is -2.28. The molecule has 1 saturated heterocycles. The summed E-state index contributed by atoms with van der Waals surface area (Å²) in [5.74, 6) is 0.502. The van der Waals surface area contributed by atoms with E-state index in [1.165, 1.54) is 16.7 Å². The molecule has 0 bridgehead atoms. The summed E-state index contributed by atoms with van der Waals surface area (Å²) in [7, 11) is 0. The minimum Gasteiger partial charge on any atom is -0.507 e. The van der Waals surface area contributed by atoms with Crippen molar-refractivity contribution in [2.75, 3.05) is 0 Å². The number of para-hydroxylation sites is 1. The van der Waals surface area contributed by atoms with Gasteiger partial charge in [-0.25, -0.2) is 0 Å². The third-order valence-corrected chi connectivity index (χ3v) is 5.04. The van der Waals surface area contributed by atoms with Gasteiger partial charge < -0.3 is 9.52 Å². The Balaban J connectivity index is 1.64. The van der Waals surface area contributed by atoms with Crippen LogP contribution in [0.15, 0.2) is 86.7 Å². The molecule has 0 spiro atoms.